The van der Waals surface area contributed by atoms with Gasteiger partial charge in [0.05, 0.1) is 6.10 Å². The fourth-order valence-electron chi connectivity index (χ4n) is 2.05. The van der Waals surface area contributed by atoms with E-state index in [2.05, 4.69) is 6.92 Å². The number of carbonyl (C=O) groups excluding carboxylic acids is 1. The number of likely N-dealkylation sites (tertiary alicyclic amines) is 1. The number of nitrogens with zero attached hydrogens (tertiary/aromatic N) is 1. The maximum absolute atomic E-state index is 11.7. The summed E-state index contributed by atoms with van der Waals surface area (Å²) in [5.41, 5.74) is 5.40. The molecule has 1 fully saturated rings. The van der Waals surface area contributed by atoms with Crippen LogP contribution >= 0.6 is 0 Å². The van der Waals surface area contributed by atoms with Crippen molar-refractivity contribution in [1.29, 1.82) is 0 Å². The van der Waals surface area contributed by atoms with Crippen molar-refractivity contribution in [2.45, 2.75) is 45.1 Å². The van der Waals surface area contributed by atoms with Crippen LogP contribution < -0.4 is 5.73 Å². The number of nitrogens with two attached hydrogens (primary N) is 1. The zero-order valence-electron chi connectivity index (χ0n) is 10.3. The van der Waals surface area contributed by atoms with Gasteiger partial charge in [-0.25, -0.2) is 0 Å². The number of hydrogen-bond donors (Lipinski definition) is 1. The lowest BCUT2D eigenvalue weighted by molar-refractivity contribution is -0.131. The van der Waals surface area contributed by atoms with E-state index in [9.17, 15) is 4.79 Å². The van der Waals surface area contributed by atoms with Crippen LogP contribution in [0.1, 0.15) is 39.0 Å². The highest BCUT2D eigenvalue weighted by molar-refractivity contribution is 5.76. The van der Waals surface area contributed by atoms with Gasteiger partial charge >= 0.3 is 0 Å². The topological polar surface area (TPSA) is 55.6 Å². The van der Waals surface area contributed by atoms with Crippen molar-refractivity contribution < 1.29 is 9.53 Å². The minimum Gasteiger partial charge on any atom is -0.378 e. The van der Waals surface area contributed by atoms with E-state index in [0.717, 1.165) is 45.4 Å². The summed E-state index contributed by atoms with van der Waals surface area (Å²) in [7, 11) is 0. The number of rotatable bonds is 5. The first-order valence-corrected chi connectivity index (χ1v) is 6.37. The molecule has 94 valence electrons. The van der Waals surface area contributed by atoms with Gasteiger partial charge in [-0.3, -0.25) is 4.79 Å². The Morgan fingerprint density at radius 1 is 1.44 bits per heavy atom. The largest absolute Gasteiger partial charge is 0.378 e. The molecule has 1 heterocycles. The lowest BCUT2D eigenvalue weighted by Gasteiger charge is -2.20. The van der Waals surface area contributed by atoms with Gasteiger partial charge in [-0.2, -0.15) is 0 Å². The van der Waals surface area contributed by atoms with Crippen molar-refractivity contribution in [3.63, 3.8) is 0 Å². The van der Waals surface area contributed by atoms with Gasteiger partial charge in [-0.15, -0.1) is 0 Å². The van der Waals surface area contributed by atoms with Crippen LogP contribution in [-0.4, -0.2) is 43.2 Å². The molecule has 16 heavy (non-hydrogen) atoms. The Hall–Kier alpha value is -0.610. The first kappa shape index (κ1) is 13.5. The zero-order valence-corrected chi connectivity index (χ0v) is 10.3. The molecule has 0 aromatic rings. The maximum Gasteiger partial charge on any atom is 0.223 e. The molecule has 1 amide bonds. The third-order valence-electron chi connectivity index (χ3n) is 2.94. The molecule has 0 aromatic heterocycles. The molecule has 1 aliphatic heterocycles. The fourth-order valence-corrected chi connectivity index (χ4v) is 2.05. The quantitative estimate of drug-likeness (QED) is 0.768. The molecule has 0 bridgehead atoms. The predicted octanol–water partition coefficient (Wildman–Crippen LogP) is 1.14. The average Bonchev–Trinajstić information content (AvgIpc) is 2.52. The lowest BCUT2D eigenvalue weighted by Crippen LogP contribution is -2.33. The van der Waals surface area contributed by atoms with Crippen molar-refractivity contribution in [3.8, 4) is 0 Å². The third-order valence-corrected chi connectivity index (χ3v) is 2.94. The monoisotopic (exact) mass is 228 g/mol. The highest BCUT2D eigenvalue weighted by atomic mass is 16.5. The van der Waals surface area contributed by atoms with Crippen LogP contribution in [0.5, 0.6) is 0 Å². The summed E-state index contributed by atoms with van der Waals surface area (Å²) in [5.74, 6) is 0.193. The van der Waals surface area contributed by atoms with Crippen LogP contribution in [-0.2, 0) is 9.53 Å². The highest BCUT2D eigenvalue weighted by Crippen LogP contribution is 2.15. The summed E-state index contributed by atoms with van der Waals surface area (Å²) in [6.07, 6.45) is 4.97. The molecule has 1 atom stereocenters. The molecule has 1 rings (SSSR count). The van der Waals surface area contributed by atoms with E-state index in [0.29, 0.717) is 19.1 Å². The predicted molar refractivity (Wildman–Crippen MR) is 64.1 cm³/mol. The van der Waals surface area contributed by atoms with E-state index in [-0.39, 0.29) is 5.91 Å². The number of carbonyl (C=O) groups is 1. The normalized spacial score (nSPS) is 21.9. The first-order chi connectivity index (χ1) is 7.77. The maximum atomic E-state index is 11.7. The van der Waals surface area contributed by atoms with E-state index in [4.69, 9.17) is 10.5 Å². The molecule has 2 N–H and O–H groups in total. The van der Waals surface area contributed by atoms with Crippen molar-refractivity contribution in [2.75, 3.05) is 26.2 Å². The third kappa shape index (κ3) is 4.49. The second-order valence-electron chi connectivity index (χ2n) is 4.34. The average molecular weight is 228 g/mol. The molecule has 0 saturated carbocycles. The van der Waals surface area contributed by atoms with Gasteiger partial charge in [-0.1, -0.05) is 6.92 Å². The van der Waals surface area contributed by atoms with Gasteiger partial charge in [0.25, 0.3) is 0 Å². The summed E-state index contributed by atoms with van der Waals surface area (Å²) < 4.78 is 5.74. The molecule has 1 saturated heterocycles. The summed E-state index contributed by atoms with van der Waals surface area (Å²) in [6, 6.07) is 0. The molecule has 0 aromatic carbocycles. The lowest BCUT2D eigenvalue weighted by atomic mass is 10.2. The van der Waals surface area contributed by atoms with Crippen LogP contribution in [0.3, 0.4) is 0 Å². The highest BCUT2D eigenvalue weighted by Gasteiger charge is 2.20. The second-order valence-corrected chi connectivity index (χ2v) is 4.34. The molecule has 1 unspecified atom stereocenters. The van der Waals surface area contributed by atoms with Crippen LogP contribution in [0, 0.1) is 0 Å². The Kier molecular flexibility index (Phi) is 6.42. The SMILES string of the molecule is CCCOC1CCCN(C(=O)CCN)CC1. The van der Waals surface area contributed by atoms with Crippen molar-refractivity contribution in [1.82, 2.24) is 4.90 Å². The number of amides is 1. The summed E-state index contributed by atoms with van der Waals surface area (Å²) >= 11 is 0. The van der Waals surface area contributed by atoms with Gasteiger partial charge < -0.3 is 15.4 Å². The summed E-state index contributed by atoms with van der Waals surface area (Å²) in [6.45, 7) is 5.10. The number of hydrogen-bond acceptors (Lipinski definition) is 3. The summed E-state index contributed by atoms with van der Waals surface area (Å²) in [5, 5.41) is 0. The molecule has 0 aliphatic carbocycles. The number of ether oxygens (including phenoxy) is 1. The molecule has 0 radical (unpaired) electrons. The summed E-state index contributed by atoms with van der Waals surface area (Å²) in [4.78, 5) is 13.6. The van der Waals surface area contributed by atoms with Crippen LogP contribution in [0.25, 0.3) is 0 Å². The van der Waals surface area contributed by atoms with E-state index in [1.165, 1.54) is 0 Å². The minimum absolute atomic E-state index is 0.193. The van der Waals surface area contributed by atoms with Gasteiger partial charge in [-0.05, 0) is 25.7 Å². The first-order valence-electron chi connectivity index (χ1n) is 6.37. The Bertz CT molecular complexity index is 209. The van der Waals surface area contributed by atoms with E-state index >= 15 is 0 Å². The van der Waals surface area contributed by atoms with Gasteiger partial charge in [0.1, 0.15) is 0 Å². The standard InChI is InChI=1S/C12H24N2O2/c1-2-10-16-11-4-3-8-14(9-6-11)12(15)5-7-13/h11H,2-10,13H2,1H3. The zero-order chi connectivity index (χ0) is 11.8. The van der Waals surface area contributed by atoms with Crippen molar-refractivity contribution in [3.05, 3.63) is 0 Å². The Labute approximate surface area is 98.1 Å². The fraction of sp³-hybridized carbons (Fsp3) is 0.917. The minimum atomic E-state index is 0.193. The van der Waals surface area contributed by atoms with E-state index < -0.39 is 0 Å². The van der Waals surface area contributed by atoms with Gasteiger partial charge in [0, 0.05) is 32.7 Å². The van der Waals surface area contributed by atoms with Crippen molar-refractivity contribution >= 4 is 5.91 Å². The van der Waals surface area contributed by atoms with Crippen LogP contribution in [0.15, 0.2) is 0 Å². The molecule has 4 nitrogen and oxygen atoms in total. The van der Waals surface area contributed by atoms with E-state index in [1.807, 2.05) is 4.90 Å². The molecule has 0 spiro atoms. The van der Waals surface area contributed by atoms with Gasteiger partial charge in [0.15, 0.2) is 0 Å². The smallest absolute Gasteiger partial charge is 0.223 e. The van der Waals surface area contributed by atoms with Crippen LogP contribution in [0.4, 0.5) is 0 Å². The molecule has 1 aliphatic rings. The second kappa shape index (κ2) is 7.63. The molecule has 4 heteroatoms. The van der Waals surface area contributed by atoms with Gasteiger partial charge in [0.2, 0.25) is 5.91 Å². The van der Waals surface area contributed by atoms with Crippen LogP contribution in [0.2, 0.25) is 0 Å². The van der Waals surface area contributed by atoms with E-state index in [1.54, 1.807) is 0 Å². The molecular weight excluding hydrogens is 204 g/mol. The Balaban J connectivity index is 2.31. The Morgan fingerprint density at radius 3 is 2.94 bits per heavy atom. The van der Waals surface area contributed by atoms with Crippen molar-refractivity contribution in [2.24, 2.45) is 5.73 Å². The molecular formula is C12H24N2O2. The Morgan fingerprint density at radius 2 is 2.25 bits per heavy atom.